The number of nitrogens with one attached hydrogen (secondary N) is 1. The van der Waals surface area contributed by atoms with Gasteiger partial charge in [0.15, 0.2) is 0 Å². The molecule has 138 valence electrons. The van der Waals surface area contributed by atoms with Crippen molar-refractivity contribution in [1.82, 2.24) is 5.32 Å². The molecule has 0 aromatic heterocycles. The van der Waals surface area contributed by atoms with Gasteiger partial charge >= 0.3 is 0 Å². The number of amides is 2. The highest BCUT2D eigenvalue weighted by molar-refractivity contribution is 9.10. The largest absolute Gasteiger partial charge is 0.305 e. The lowest BCUT2D eigenvalue weighted by molar-refractivity contribution is -0.121. The average Bonchev–Trinajstić information content (AvgIpc) is 2.87. The van der Waals surface area contributed by atoms with Crippen LogP contribution in [0.2, 0.25) is 0 Å². The van der Waals surface area contributed by atoms with Crippen LogP contribution in [0.5, 0.6) is 0 Å². The zero-order chi connectivity index (χ0) is 17.9. The molecular formula is C21H25BrN2O2. The highest BCUT2D eigenvalue weighted by atomic mass is 79.9. The summed E-state index contributed by atoms with van der Waals surface area (Å²) in [5, 5.41) is 3.51. The van der Waals surface area contributed by atoms with Crippen molar-refractivity contribution in [2.75, 3.05) is 11.4 Å². The zero-order valence-electron chi connectivity index (χ0n) is 14.9. The summed E-state index contributed by atoms with van der Waals surface area (Å²) in [5.41, 5.74) is 1.05. The maximum atomic E-state index is 12.8. The number of benzene rings is 1. The Labute approximate surface area is 162 Å². The topological polar surface area (TPSA) is 49.4 Å². The molecule has 1 aromatic rings. The standard InChI is InChI=1S/C21H25BrN2O2/c22-16-1-3-17(4-2-16)24-19(25)8-18(20(24)26)23-12-21-9-13-5-14(10-21)7-15(6-13)11-21/h1-4,13-15,18,23H,5-12H2/t13?,14?,15?,18-,21?/m1/s1. The molecule has 1 heterocycles. The molecule has 1 saturated heterocycles. The van der Waals surface area contributed by atoms with Gasteiger partial charge < -0.3 is 5.32 Å². The molecule has 0 spiro atoms. The first-order chi connectivity index (χ1) is 12.5. The summed E-state index contributed by atoms with van der Waals surface area (Å²) in [6.45, 7) is 0.897. The molecule has 5 fully saturated rings. The second-order valence-electron chi connectivity index (χ2n) is 9.10. The number of carbonyl (C=O) groups is 2. The van der Waals surface area contributed by atoms with Gasteiger partial charge in [-0.25, -0.2) is 4.90 Å². The van der Waals surface area contributed by atoms with Gasteiger partial charge in [0.25, 0.3) is 5.91 Å². The summed E-state index contributed by atoms with van der Waals surface area (Å²) in [6, 6.07) is 7.01. The van der Waals surface area contributed by atoms with E-state index in [4.69, 9.17) is 0 Å². The zero-order valence-corrected chi connectivity index (χ0v) is 16.5. The van der Waals surface area contributed by atoms with Crippen LogP contribution in [0.1, 0.15) is 44.9 Å². The summed E-state index contributed by atoms with van der Waals surface area (Å²) in [6.07, 6.45) is 8.51. The van der Waals surface area contributed by atoms with Crippen molar-refractivity contribution in [2.45, 2.75) is 51.0 Å². The maximum absolute atomic E-state index is 12.8. The Balaban J connectivity index is 1.28. The molecule has 26 heavy (non-hydrogen) atoms. The van der Waals surface area contributed by atoms with Gasteiger partial charge in [0.05, 0.1) is 18.2 Å². The predicted molar refractivity (Wildman–Crippen MR) is 104 cm³/mol. The van der Waals surface area contributed by atoms with E-state index in [1.165, 1.54) is 43.4 Å². The number of imide groups is 1. The fourth-order valence-electron chi connectivity index (χ4n) is 6.50. The van der Waals surface area contributed by atoms with Gasteiger partial charge in [-0.05, 0) is 86.0 Å². The summed E-state index contributed by atoms with van der Waals surface area (Å²) in [5.74, 6) is 2.53. The second-order valence-corrected chi connectivity index (χ2v) is 10.0. The van der Waals surface area contributed by atoms with Crippen LogP contribution >= 0.6 is 15.9 Å². The lowest BCUT2D eigenvalue weighted by atomic mass is 9.49. The molecule has 1 aromatic carbocycles. The first-order valence-corrected chi connectivity index (χ1v) is 10.7. The fraction of sp³-hybridized carbons (Fsp3) is 0.619. The molecule has 0 unspecified atom stereocenters. The molecule has 4 nitrogen and oxygen atoms in total. The molecule has 2 amide bonds. The Bertz CT molecular complexity index is 710. The number of hydrogen-bond acceptors (Lipinski definition) is 3. The van der Waals surface area contributed by atoms with E-state index in [9.17, 15) is 9.59 Å². The molecular weight excluding hydrogens is 392 g/mol. The number of carbonyl (C=O) groups excluding carboxylic acids is 2. The molecule has 4 aliphatic carbocycles. The van der Waals surface area contributed by atoms with E-state index in [0.717, 1.165) is 28.8 Å². The van der Waals surface area contributed by atoms with Gasteiger partial charge in [-0.3, -0.25) is 9.59 Å². The molecule has 6 rings (SSSR count). The molecule has 0 radical (unpaired) electrons. The van der Waals surface area contributed by atoms with Crippen molar-refractivity contribution < 1.29 is 9.59 Å². The van der Waals surface area contributed by atoms with Gasteiger partial charge in [-0.1, -0.05) is 15.9 Å². The van der Waals surface area contributed by atoms with Crippen molar-refractivity contribution in [2.24, 2.45) is 23.2 Å². The van der Waals surface area contributed by atoms with Crippen molar-refractivity contribution in [1.29, 1.82) is 0 Å². The monoisotopic (exact) mass is 416 g/mol. The van der Waals surface area contributed by atoms with Crippen molar-refractivity contribution >= 4 is 33.4 Å². The minimum Gasteiger partial charge on any atom is -0.305 e. The number of rotatable bonds is 4. The van der Waals surface area contributed by atoms with Crippen LogP contribution in [0.25, 0.3) is 0 Å². The van der Waals surface area contributed by atoms with E-state index in [1.807, 2.05) is 24.3 Å². The smallest absolute Gasteiger partial charge is 0.251 e. The number of hydrogen-bond donors (Lipinski definition) is 1. The van der Waals surface area contributed by atoms with Crippen LogP contribution in [0.3, 0.4) is 0 Å². The minimum atomic E-state index is -0.362. The first-order valence-electron chi connectivity index (χ1n) is 9.87. The summed E-state index contributed by atoms with van der Waals surface area (Å²) in [7, 11) is 0. The van der Waals surface area contributed by atoms with Crippen LogP contribution in [0.4, 0.5) is 5.69 Å². The fourth-order valence-corrected chi connectivity index (χ4v) is 6.76. The van der Waals surface area contributed by atoms with Gasteiger partial charge in [0.1, 0.15) is 0 Å². The number of halogens is 1. The summed E-state index contributed by atoms with van der Waals surface area (Å²) in [4.78, 5) is 26.7. The molecule has 1 atom stereocenters. The number of nitrogens with zero attached hydrogens (tertiary/aromatic N) is 1. The normalized spacial score (nSPS) is 38.4. The Morgan fingerprint density at radius 2 is 1.58 bits per heavy atom. The van der Waals surface area contributed by atoms with E-state index in [0.29, 0.717) is 11.1 Å². The molecule has 4 bridgehead atoms. The van der Waals surface area contributed by atoms with E-state index in [-0.39, 0.29) is 24.3 Å². The Hall–Kier alpha value is -1.20. The third kappa shape index (κ3) is 2.84. The average molecular weight is 417 g/mol. The molecule has 4 saturated carbocycles. The lowest BCUT2D eigenvalue weighted by Crippen LogP contribution is -2.52. The third-order valence-corrected chi connectivity index (χ3v) is 7.65. The van der Waals surface area contributed by atoms with Crippen LogP contribution in [-0.2, 0) is 9.59 Å². The molecule has 5 aliphatic rings. The second kappa shape index (κ2) is 6.16. The van der Waals surface area contributed by atoms with E-state index < -0.39 is 0 Å². The number of anilines is 1. The Morgan fingerprint density at radius 3 is 2.15 bits per heavy atom. The van der Waals surface area contributed by atoms with Gasteiger partial charge in [0, 0.05) is 11.0 Å². The SMILES string of the molecule is O=C1C[C@@H](NCC23CC4CC(CC(C4)C2)C3)C(=O)N1c1ccc(Br)cc1. The van der Waals surface area contributed by atoms with E-state index >= 15 is 0 Å². The summed E-state index contributed by atoms with van der Waals surface area (Å²) < 4.78 is 0.942. The van der Waals surface area contributed by atoms with Gasteiger partial charge in [-0.15, -0.1) is 0 Å². The lowest BCUT2D eigenvalue weighted by Gasteiger charge is -2.57. The first kappa shape index (κ1) is 16.9. The quantitative estimate of drug-likeness (QED) is 0.757. The summed E-state index contributed by atoms with van der Waals surface area (Å²) >= 11 is 3.40. The van der Waals surface area contributed by atoms with Crippen molar-refractivity contribution in [3.63, 3.8) is 0 Å². The highest BCUT2D eigenvalue weighted by Crippen LogP contribution is 2.59. The third-order valence-electron chi connectivity index (χ3n) is 7.12. The predicted octanol–water partition coefficient (Wildman–Crippen LogP) is 3.89. The Morgan fingerprint density at radius 1 is 1.00 bits per heavy atom. The van der Waals surface area contributed by atoms with Gasteiger partial charge in [-0.2, -0.15) is 0 Å². The van der Waals surface area contributed by atoms with Gasteiger partial charge in [0.2, 0.25) is 5.91 Å². The molecule has 1 aliphatic heterocycles. The van der Waals surface area contributed by atoms with E-state index in [2.05, 4.69) is 21.2 Å². The van der Waals surface area contributed by atoms with Crippen LogP contribution in [0, 0.1) is 23.2 Å². The van der Waals surface area contributed by atoms with Crippen LogP contribution in [0.15, 0.2) is 28.7 Å². The van der Waals surface area contributed by atoms with Crippen molar-refractivity contribution in [3.05, 3.63) is 28.7 Å². The minimum absolute atomic E-state index is 0.0953. The van der Waals surface area contributed by atoms with E-state index in [1.54, 1.807) is 0 Å². The van der Waals surface area contributed by atoms with Crippen molar-refractivity contribution in [3.8, 4) is 0 Å². The van der Waals surface area contributed by atoms with Crippen LogP contribution < -0.4 is 10.2 Å². The highest BCUT2D eigenvalue weighted by Gasteiger charge is 2.51. The Kier molecular flexibility index (Phi) is 4.02. The maximum Gasteiger partial charge on any atom is 0.251 e. The molecule has 1 N–H and O–H groups in total. The van der Waals surface area contributed by atoms with Crippen LogP contribution in [-0.4, -0.2) is 24.4 Å². The molecule has 5 heteroatoms.